The number of rotatable bonds is 1. The summed E-state index contributed by atoms with van der Waals surface area (Å²) in [5.74, 6) is -0.341. The van der Waals surface area contributed by atoms with E-state index in [4.69, 9.17) is 16.3 Å². The number of hydrogen-bond acceptors (Lipinski definition) is 2. The maximum atomic E-state index is 13.8. The fraction of sp³-hybridized carbons (Fsp3) is 0.200. The van der Waals surface area contributed by atoms with E-state index in [1.54, 1.807) is 12.1 Å². The van der Waals surface area contributed by atoms with E-state index in [-0.39, 0.29) is 5.56 Å². The number of aryl methyl sites for hydroxylation is 1. The van der Waals surface area contributed by atoms with Gasteiger partial charge in [0.2, 0.25) is 0 Å². The summed E-state index contributed by atoms with van der Waals surface area (Å²) in [5, 5.41) is 3.75. The van der Waals surface area contributed by atoms with Gasteiger partial charge in [0.15, 0.2) is 0 Å². The lowest BCUT2D eigenvalue weighted by molar-refractivity contribution is 0.203. The van der Waals surface area contributed by atoms with E-state index in [1.807, 2.05) is 6.92 Å². The van der Waals surface area contributed by atoms with Gasteiger partial charge < -0.3 is 10.1 Å². The summed E-state index contributed by atoms with van der Waals surface area (Å²) in [6.07, 6.45) is -0.571. The molecule has 2 aromatic carbocycles. The second-order valence-electron chi connectivity index (χ2n) is 4.75. The van der Waals surface area contributed by atoms with Crippen molar-refractivity contribution >= 4 is 17.3 Å². The highest BCUT2D eigenvalue weighted by molar-refractivity contribution is 6.31. The van der Waals surface area contributed by atoms with Gasteiger partial charge >= 0.3 is 0 Å². The summed E-state index contributed by atoms with van der Waals surface area (Å²) < 4.78 is 32.9. The summed E-state index contributed by atoms with van der Waals surface area (Å²) >= 11 is 5.98. The van der Waals surface area contributed by atoms with Crippen LogP contribution in [-0.2, 0) is 0 Å². The van der Waals surface area contributed by atoms with Gasteiger partial charge in [-0.25, -0.2) is 8.78 Å². The standard InChI is InChI=1S/C15H12ClF2NO/c1-8-4-9(16)5-13-15(8)20-14(7-19-13)11-6-10(17)2-3-12(11)18/h2-6,14,19H,7H2,1H3. The first-order chi connectivity index (χ1) is 9.54. The zero-order chi connectivity index (χ0) is 14.3. The Morgan fingerprint density at radius 1 is 1.25 bits per heavy atom. The Kier molecular flexibility index (Phi) is 3.26. The van der Waals surface area contributed by atoms with Gasteiger partial charge in [-0.05, 0) is 42.8 Å². The van der Waals surface area contributed by atoms with Crippen LogP contribution >= 0.6 is 11.6 Å². The summed E-state index contributed by atoms with van der Waals surface area (Å²) in [7, 11) is 0. The molecular formula is C15H12ClF2NO. The molecule has 1 N–H and O–H groups in total. The molecule has 0 aromatic heterocycles. The maximum absolute atomic E-state index is 13.8. The predicted molar refractivity (Wildman–Crippen MR) is 74.4 cm³/mol. The summed E-state index contributed by atoms with van der Waals surface area (Å²) in [5.41, 5.74) is 1.82. The highest BCUT2D eigenvalue weighted by Gasteiger charge is 2.25. The minimum absolute atomic E-state index is 0.206. The van der Waals surface area contributed by atoms with Crippen molar-refractivity contribution in [2.75, 3.05) is 11.9 Å². The SMILES string of the molecule is Cc1cc(Cl)cc2c1OC(c1cc(F)ccc1F)CN2. The molecule has 0 radical (unpaired) electrons. The zero-order valence-electron chi connectivity index (χ0n) is 10.7. The van der Waals surface area contributed by atoms with Crippen molar-refractivity contribution in [1.29, 1.82) is 0 Å². The summed E-state index contributed by atoms with van der Waals surface area (Å²) in [6.45, 7) is 2.21. The number of hydrogen-bond donors (Lipinski definition) is 1. The Hall–Kier alpha value is -1.81. The molecule has 1 aliphatic rings. The van der Waals surface area contributed by atoms with Crippen LogP contribution in [0.2, 0.25) is 5.02 Å². The van der Waals surface area contributed by atoms with Crippen molar-refractivity contribution in [2.24, 2.45) is 0 Å². The lowest BCUT2D eigenvalue weighted by Crippen LogP contribution is -2.25. The van der Waals surface area contributed by atoms with Crippen molar-refractivity contribution in [3.05, 3.63) is 58.1 Å². The van der Waals surface area contributed by atoms with Gasteiger partial charge in [0.05, 0.1) is 12.2 Å². The van der Waals surface area contributed by atoms with Crippen LogP contribution in [0, 0.1) is 18.6 Å². The first-order valence-corrected chi connectivity index (χ1v) is 6.58. The molecule has 0 amide bonds. The molecule has 0 saturated carbocycles. The smallest absolute Gasteiger partial charge is 0.146 e. The fourth-order valence-corrected chi connectivity index (χ4v) is 2.61. The van der Waals surface area contributed by atoms with Gasteiger partial charge in [-0.1, -0.05) is 11.6 Å². The van der Waals surface area contributed by atoms with Crippen molar-refractivity contribution < 1.29 is 13.5 Å². The second-order valence-corrected chi connectivity index (χ2v) is 5.19. The van der Waals surface area contributed by atoms with E-state index < -0.39 is 17.7 Å². The Morgan fingerprint density at radius 3 is 2.85 bits per heavy atom. The van der Waals surface area contributed by atoms with Crippen LogP contribution in [0.15, 0.2) is 30.3 Å². The highest BCUT2D eigenvalue weighted by Crippen LogP contribution is 2.39. The van der Waals surface area contributed by atoms with Crippen molar-refractivity contribution in [1.82, 2.24) is 0 Å². The Balaban J connectivity index is 1.98. The molecule has 2 aromatic rings. The largest absolute Gasteiger partial charge is 0.481 e. The third-order valence-electron chi connectivity index (χ3n) is 3.28. The van der Waals surface area contributed by atoms with Gasteiger partial charge in [-0.15, -0.1) is 0 Å². The van der Waals surface area contributed by atoms with E-state index >= 15 is 0 Å². The van der Waals surface area contributed by atoms with Crippen LogP contribution < -0.4 is 10.1 Å². The molecular weight excluding hydrogens is 284 g/mol. The van der Waals surface area contributed by atoms with Crippen LogP contribution in [0.3, 0.4) is 0 Å². The van der Waals surface area contributed by atoms with Gasteiger partial charge in [-0.2, -0.15) is 0 Å². The quantitative estimate of drug-likeness (QED) is 0.838. The van der Waals surface area contributed by atoms with Crippen LogP contribution in [0.4, 0.5) is 14.5 Å². The van der Waals surface area contributed by atoms with Gasteiger partial charge in [0.1, 0.15) is 23.5 Å². The summed E-state index contributed by atoms with van der Waals surface area (Å²) in [4.78, 5) is 0. The van der Waals surface area contributed by atoms with Crippen LogP contribution in [0.5, 0.6) is 5.75 Å². The Labute approximate surface area is 120 Å². The number of nitrogens with one attached hydrogen (secondary N) is 1. The molecule has 0 spiro atoms. The minimum Gasteiger partial charge on any atom is -0.481 e. The molecule has 1 heterocycles. The molecule has 20 heavy (non-hydrogen) atoms. The normalized spacial score (nSPS) is 17.1. The number of ether oxygens (including phenoxy) is 1. The maximum Gasteiger partial charge on any atom is 0.146 e. The first kappa shape index (κ1) is 13.2. The minimum atomic E-state index is -0.571. The number of benzene rings is 2. The second kappa shape index (κ2) is 4.94. The van der Waals surface area contributed by atoms with Crippen molar-refractivity contribution in [3.8, 4) is 5.75 Å². The van der Waals surface area contributed by atoms with Crippen LogP contribution in [0.1, 0.15) is 17.2 Å². The Bertz CT molecular complexity index is 675. The average molecular weight is 296 g/mol. The molecule has 0 bridgehead atoms. The molecule has 0 aliphatic carbocycles. The van der Waals surface area contributed by atoms with Gasteiger partial charge in [0.25, 0.3) is 0 Å². The third-order valence-corrected chi connectivity index (χ3v) is 3.50. The van der Waals surface area contributed by atoms with E-state index in [9.17, 15) is 8.78 Å². The molecule has 1 unspecified atom stereocenters. The fourth-order valence-electron chi connectivity index (χ4n) is 2.34. The van der Waals surface area contributed by atoms with Crippen LogP contribution in [0.25, 0.3) is 0 Å². The third kappa shape index (κ3) is 2.31. The number of halogens is 3. The van der Waals surface area contributed by atoms with E-state index in [2.05, 4.69) is 5.32 Å². The molecule has 5 heteroatoms. The lowest BCUT2D eigenvalue weighted by atomic mass is 10.1. The van der Waals surface area contributed by atoms with Crippen molar-refractivity contribution in [3.63, 3.8) is 0 Å². The molecule has 1 atom stereocenters. The zero-order valence-corrected chi connectivity index (χ0v) is 11.5. The molecule has 0 saturated heterocycles. The highest BCUT2D eigenvalue weighted by atomic mass is 35.5. The Morgan fingerprint density at radius 2 is 2.05 bits per heavy atom. The monoisotopic (exact) mass is 295 g/mol. The van der Waals surface area contributed by atoms with Crippen molar-refractivity contribution in [2.45, 2.75) is 13.0 Å². The molecule has 104 valence electrons. The first-order valence-electron chi connectivity index (χ1n) is 6.20. The number of fused-ring (bicyclic) bond motifs is 1. The summed E-state index contributed by atoms with van der Waals surface area (Å²) in [6, 6.07) is 6.89. The van der Waals surface area contributed by atoms with Gasteiger partial charge in [0, 0.05) is 10.6 Å². The van der Waals surface area contributed by atoms with E-state index in [0.29, 0.717) is 17.3 Å². The molecule has 1 aliphatic heterocycles. The topological polar surface area (TPSA) is 21.3 Å². The average Bonchev–Trinajstić information content (AvgIpc) is 2.41. The number of anilines is 1. The predicted octanol–water partition coefficient (Wildman–Crippen LogP) is 4.47. The molecule has 3 rings (SSSR count). The van der Waals surface area contributed by atoms with Gasteiger partial charge in [-0.3, -0.25) is 0 Å². The molecule has 2 nitrogen and oxygen atoms in total. The van der Waals surface area contributed by atoms with Crippen LogP contribution in [-0.4, -0.2) is 6.54 Å². The van der Waals surface area contributed by atoms with E-state index in [0.717, 1.165) is 29.4 Å². The molecule has 0 fully saturated rings. The van der Waals surface area contributed by atoms with E-state index in [1.165, 1.54) is 0 Å². The lowest BCUT2D eigenvalue weighted by Gasteiger charge is -2.29.